The molecule has 20 heavy (non-hydrogen) atoms. The molecule has 104 valence electrons. The average Bonchev–Trinajstić information content (AvgIpc) is 2.52. The summed E-state index contributed by atoms with van der Waals surface area (Å²) in [5.41, 5.74) is 0.993. The third-order valence-corrected chi connectivity index (χ3v) is 3.77. The van der Waals surface area contributed by atoms with Gasteiger partial charge in [0.15, 0.2) is 5.16 Å². The number of hydrogen-bond acceptors (Lipinski definition) is 5. The third kappa shape index (κ3) is 4.66. The average molecular weight is 288 g/mol. The van der Waals surface area contributed by atoms with E-state index in [4.69, 9.17) is 4.74 Å². The van der Waals surface area contributed by atoms with Crippen molar-refractivity contribution in [1.82, 2.24) is 9.97 Å². The smallest absolute Gasteiger partial charge is 0.309 e. The Morgan fingerprint density at radius 1 is 1.20 bits per heavy atom. The molecule has 2 aromatic rings. The van der Waals surface area contributed by atoms with Gasteiger partial charge in [-0.1, -0.05) is 49.0 Å². The van der Waals surface area contributed by atoms with Crippen molar-refractivity contribution in [3.8, 4) is 0 Å². The minimum Gasteiger partial charge on any atom is -0.461 e. The molecule has 0 aliphatic heterocycles. The summed E-state index contributed by atoms with van der Waals surface area (Å²) in [7, 11) is 0. The highest BCUT2D eigenvalue weighted by Gasteiger charge is 2.15. The van der Waals surface area contributed by atoms with Crippen LogP contribution in [0.5, 0.6) is 0 Å². The molecule has 0 N–H and O–H groups in total. The van der Waals surface area contributed by atoms with Crippen molar-refractivity contribution in [3.05, 3.63) is 54.4 Å². The summed E-state index contributed by atoms with van der Waals surface area (Å²) >= 11 is 1.46. The van der Waals surface area contributed by atoms with Crippen molar-refractivity contribution in [3.63, 3.8) is 0 Å². The van der Waals surface area contributed by atoms with Crippen LogP contribution in [0, 0.1) is 5.92 Å². The fourth-order valence-electron chi connectivity index (χ4n) is 1.50. The van der Waals surface area contributed by atoms with Crippen LogP contribution >= 0.6 is 11.8 Å². The summed E-state index contributed by atoms with van der Waals surface area (Å²) < 4.78 is 5.29. The Labute approximate surface area is 122 Å². The van der Waals surface area contributed by atoms with E-state index in [-0.39, 0.29) is 11.9 Å². The molecule has 0 amide bonds. The van der Waals surface area contributed by atoms with Crippen molar-refractivity contribution >= 4 is 17.7 Å². The molecule has 1 unspecified atom stereocenters. The van der Waals surface area contributed by atoms with Gasteiger partial charge in [-0.2, -0.15) is 0 Å². The minimum absolute atomic E-state index is 0.187. The Hall–Kier alpha value is -1.88. The van der Waals surface area contributed by atoms with Gasteiger partial charge in [-0.05, 0) is 11.6 Å². The second kappa shape index (κ2) is 7.65. The van der Waals surface area contributed by atoms with Crippen LogP contribution in [0.4, 0.5) is 0 Å². The number of carbonyl (C=O) groups excluding carboxylic acids is 1. The fourth-order valence-corrected chi connectivity index (χ4v) is 2.30. The Balaban J connectivity index is 1.75. The van der Waals surface area contributed by atoms with Crippen LogP contribution in [0.15, 0.2) is 53.9 Å². The van der Waals surface area contributed by atoms with Crippen LogP contribution in [-0.4, -0.2) is 21.7 Å². The zero-order chi connectivity index (χ0) is 14.2. The number of nitrogens with zero attached hydrogens (tertiary/aromatic N) is 2. The number of ether oxygens (including phenoxy) is 1. The Morgan fingerprint density at radius 3 is 2.60 bits per heavy atom. The second-order valence-electron chi connectivity index (χ2n) is 4.34. The highest BCUT2D eigenvalue weighted by atomic mass is 32.2. The quantitative estimate of drug-likeness (QED) is 0.465. The molecule has 0 fully saturated rings. The number of rotatable bonds is 6. The van der Waals surface area contributed by atoms with E-state index in [2.05, 4.69) is 9.97 Å². The topological polar surface area (TPSA) is 52.1 Å². The Bertz CT molecular complexity index is 534. The van der Waals surface area contributed by atoms with Crippen molar-refractivity contribution < 1.29 is 9.53 Å². The lowest BCUT2D eigenvalue weighted by Gasteiger charge is -2.10. The largest absolute Gasteiger partial charge is 0.461 e. The molecule has 0 radical (unpaired) electrons. The van der Waals surface area contributed by atoms with E-state index in [1.807, 2.05) is 37.3 Å². The molecular weight excluding hydrogens is 272 g/mol. The Kier molecular flexibility index (Phi) is 5.55. The minimum atomic E-state index is -0.197. The van der Waals surface area contributed by atoms with E-state index in [9.17, 15) is 4.79 Å². The lowest BCUT2D eigenvalue weighted by atomic mass is 10.2. The predicted molar refractivity (Wildman–Crippen MR) is 78.2 cm³/mol. The molecule has 0 aliphatic rings. The molecule has 0 bridgehead atoms. The van der Waals surface area contributed by atoms with E-state index in [0.29, 0.717) is 17.5 Å². The van der Waals surface area contributed by atoms with E-state index in [1.54, 1.807) is 18.5 Å². The maximum absolute atomic E-state index is 11.9. The van der Waals surface area contributed by atoms with Gasteiger partial charge in [0.2, 0.25) is 0 Å². The van der Waals surface area contributed by atoms with Gasteiger partial charge in [0, 0.05) is 18.1 Å². The number of thioether (sulfide) groups is 1. The fraction of sp³-hybridized carbons (Fsp3) is 0.267. The number of aromatic nitrogens is 2. The zero-order valence-corrected chi connectivity index (χ0v) is 12.0. The van der Waals surface area contributed by atoms with Crippen LogP contribution in [0.25, 0.3) is 0 Å². The standard InChI is InChI=1S/C15H16N2O2S/c1-12(11-20-15-16-8-5-9-17-15)14(18)19-10-13-6-3-2-4-7-13/h2-9,12H,10-11H2,1H3. The summed E-state index contributed by atoms with van der Waals surface area (Å²) in [6.45, 7) is 2.17. The van der Waals surface area contributed by atoms with E-state index in [1.165, 1.54) is 11.8 Å². The molecule has 2 rings (SSSR count). The summed E-state index contributed by atoms with van der Waals surface area (Å²) in [4.78, 5) is 20.1. The Morgan fingerprint density at radius 2 is 1.90 bits per heavy atom. The van der Waals surface area contributed by atoms with Gasteiger partial charge in [-0.3, -0.25) is 4.79 Å². The number of hydrogen-bond donors (Lipinski definition) is 0. The summed E-state index contributed by atoms with van der Waals surface area (Å²) in [5, 5.41) is 0.676. The summed E-state index contributed by atoms with van der Waals surface area (Å²) in [5.74, 6) is 0.224. The van der Waals surface area contributed by atoms with Gasteiger partial charge in [-0.25, -0.2) is 9.97 Å². The molecule has 0 aliphatic carbocycles. The van der Waals surface area contributed by atoms with E-state index < -0.39 is 0 Å². The molecule has 1 heterocycles. The molecule has 0 saturated carbocycles. The van der Waals surface area contributed by atoms with Crippen LogP contribution in [-0.2, 0) is 16.1 Å². The molecule has 5 heteroatoms. The first-order valence-electron chi connectivity index (χ1n) is 6.36. The number of esters is 1. The first-order valence-corrected chi connectivity index (χ1v) is 7.34. The SMILES string of the molecule is CC(CSc1ncccn1)C(=O)OCc1ccccc1. The summed E-state index contributed by atoms with van der Waals surface area (Å²) in [6, 6.07) is 11.4. The van der Waals surface area contributed by atoms with Gasteiger partial charge in [0.05, 0.1) is 5.92 Å². The normalized spacial score (nSPS) is 11.8. The van der Waals surface area contributed by atoms with Crippen molar-refractivity contribution in [2.24, 2.45) is 5.92 Å². The molecule has 0 spiro atoms. The van der Waals surface area contributed by atoms with Gasteiger partial charge in [0.25, 0.3) is 0 Å². The predicted octanol–water partition coefficient (Wildman–Crippen LogP) is 2.95. The zero-order valence-electron chi connectivity index (χ0n) is 11.2. The number of benzene rings is 1. The lowest BCUT2D eigenvalue weighted by molar-refractivity contribution is -0.148. The third-order valence-electron chi connectivity index (χ3n) is 2.63. The van der Waals surface area contributed by atoms with E-state index in [0.717, 1.165) is 5.56 Å². The molecule has 1 aromatic heterocycles. The monoisotopic (exact) mass is 288 g/mol. The number of carbonyl (C=O) groups is 1. The van der Waals surface area contributed by atoms with Gasteiger partial charge in [0.1, 0.15) is 6.61 Å². The molecular formula is C15H16N2O2S. The van der Waals surface area contributed by atoms with Gasteiger partial charge in [-0.15, -0.1) is 0 Å². The molecule has 1 atom stereocenters. The second-order valence-corrected chi connectivity index (χ2v) is 5.32. The van der Waals surface area contributed by atoms with Gasteiger partial charge >= 0.3 is 5.97 Å². The van der Waals surface area contributed by atoms with Crippen molar-refractivity contribution in [2.75, 3.05) is 5.75 Å². The highest BCUT2D eigenvalue weighted by Crippen LogP contribution is 2.16. The first kappa shape index (κ1) is 14.5. The van der Waals surface area contributed by atoms with Crippen LogP contribution in [0.2, 0.25) is 0 Å². The maximum Gasteiger partial charge on any atom is 0.309 e. The van der Waals surface area contributed by atoms with Gasteiger partial charge < -0.3 is 4.74 Å². The van der Waals surface area contributed by atoms with Crippen molar-refractivity contribution in [1.29, 1.82) is 0 Å². The van der Waals surface area contributed by atoms with Crippen LogP contribution in [0.3, 0.4) is 0 Å². The molecule has 4 nitrogen and oxygen atoms in total. The summed E-state index contributed by atoms with van der Waals surface area (Å²) in [6.07, 6.45) is 3.38. The van der Waals surface area contributed by atoms with Crippen LogP contribution in [0.1, 0.15) is 12.5 Å². The van der Waals surface area contributed by atoms with Crippen molar-refractivity contribution in [2.45, 2.75) is 18.7 Å². The molecule has 0 saturated heterocycles. The first-order chi connectivity index (χ1) is 9.75. The van der Waals surface area contributed by atoms with E-state index >= 15 is 0 Å². The maximum atomic E-state index is 11.9. The lowest BCUT2D eigenvalue weighted by Crippen LogP contribution is -2.17. The highest BCUT2D eigenvalue weighted by molar-refractivity contribution is 7.99. The molecule has 1 aromatic carbocycles. The van der Waals surface area contributed by atoms with Crippen LogP contribution < -0.4 is 0 Å².